The van der Waals surface area contributed by atoms with E-state index in [9.17, 15) is 9.90 Å². The van der Waals surface area contributed by atoms with E-state index in [0.717, 1.165) is 24.8 Å². The fourth-order valence-electron chi connectivity index (χ4n) is 3.91. The fourth-order valence-corrected chi connectivity index (χ4v) is 4.10. The summed E-state index contributed by atoms with van der Waals surface area (Å²) in [5, 5.41) is 10.0. The van der Waals surface area contributed by atoms with Crippen LogP contribution in [0.2, 0.25) is 5.02 Å². The van der Waals surface area contributed by atoms with Crippen LogP contribution in [0.25, 0.3) is 0 Å². The molecule has 2 heterocycles. The Morgan fingerprint density at radius 3 is 3.08 bits per heavy atom. The maximum atomic E-state index is 11.4. The SMILES string of the molecule is CCCC(C)C1(C#Cc2cccc(Cl)c2)NOC2C1CCN2C(=O)O. The lowest BCUT2D eigenvalue weighted by molar-refractivity contribution is -0.0524. The molecule has 4 atom stereocenters. The van der Waals surface area contributed by atoms with Gasteiger partial charge in [0.1, 0.15) is 5.54 Å². The minimum absolute atomic E-state index is 0.0110. The van der Waals surface area contributed by atoms with Crippen LogP contribution in [-0.4, -0.2) is 34.4 Å². The monoisotopic (exact) mass is 362 g/mol. The van der Waals surface area contributed by atoms with Gasteiger partial charge in [0, 0.05) is 23.0 Å². The number of likely N-dealkylation sites (tertiary alicyclic amines) is 1. The van der Waals surface area contributed by atoms with Gasteiger partial charge >= 0.3 is 6.09 Å². The summed E-state index contributed by atoms with van der Waals surface area (Å²) in [6, 6.07) is 7.44. The lowest BCUT2D eigenvalue weighted by atomic mass is 9.73. The van der Waals surface area contributed by atoms with Crippen molar-refractivity contribution >= 4 is 17.7 Å². The number of nitrogens with zero attached hydrogens (tertiary/aromatic N) is 1. The Labute approximate surface area is 153 Å². The standard InChI is InChI=1S/C19H23ClN2O3/c1-3-5-13(2)19(10-8-14-6-4-7-15(20)12-14)16-9-11-22(18(23)24)17(16)25-21-19/h4,6-7,12-13,16-17,21H,3,5,9,11H2,1-2H3,(H,23,24). The molecule has 0 radical (unpaired) electrons. The molecule has 0 aliphatic carbocycles. The van der Waals surface area contributed by atoms with Gasteiger partial charge in [-0.2, -0.15) is 5.48 Å². The summed E-state index contributed by atoms with van der Waals surface area (Å²) < 4.78 is 0. The number of amides is 1. The van der Waals surface area contributed by atoms with Gasteiger partial charge in [-0.1, -0.05) is 49.8 Å². The molecule has 0 bridgehead atoms. The van der Waals surface area contributed by atoms with E-state index in [2.05, 4.69) is 31.2 Å². The van der Waals surface area contributed by atoms with E-state index in [1.807, 2.05) is 24.3 Å². The topological polar surface area (TPSA) is 61.8 Å². The molecule has 0 spiro atoms. The van der Waals surface area contributed by atoms with Crippen molar-refractivity contribution in [3.05, 3.63) is 34.9 Å². The largest absolute Gasteiger partial charge is 0.465 e. The molecule has 2 aliphatic rings. The van der Waals surface area contributed by atoms with E-state index in [1.165, 1.54) is 4.90 Å². The van der Waals surface area contributed by atoms with Gasteiger partial charge in [-0.05, 0) is 37.0 Å². The van der Waals surface area contributed by atoms with Crippen molar-refractivity contribution in [1.82, 2.24) is 10.4 Å². The van der Waals surface area contributed by atoms with Gasteiger partial charge in [0.25, 0.3) is 0 Å². The number of hydroxylamine groups is 1. The number of carbonyl (C=O) groups is 1. The van der Waals surface area contributed by atoms with Crippen molar-refractivity contribution in [2.24, 2.45) is 11.8 Å². The van der Waals surface area contributed by atoms with Crippen LogP contribution in [-0.2, 0) is 4.84 Å². The Morgan fingerprint density at radius 1 is 1.60 bits per heavy atom. The molecular weight excluding hydrogens is 340 g/mol. The number of carboxylic acid groups (broad SMARTS) is 1. The summed E-state index contributed by atoms with van der Waals surface area (Å²) in [6.45, 7) is 4.77. The maximum absolute atomic E-state index is 11.4. The van der Waals surface area contributed by atoms with Gasteiger partial charge in [0.15, 0.2) is 6.23 Å². The first-order chi connectivity index (χ1) is 12.0. The Bertz CT molecular complexity index is 714. The van der Waals surface area contributed by atoms with Crippen LogP contribution in [0.5, 0.6) is 0 Å². The maximum Gasteiger partial charge on any atom is 0.409 e. The van der Waals surface area contributed by atoms with Crippen LogP contribution >= 0.6 is 11.6 Å². The molecule has 0 saturated carbocycles. The number of fused-ring (bicyclic) bond motifs is 1. The zero-order valence-electron chi connectivity index (χ0n) is 14.5. The number of benzene rings is 1. The second-order valence-corrected chi connectivity index (χ2v) is 7.24. The second kappa shape index (κ2) is 7.25. The van der Waals surface area contributed by atoms with Gasteiger partial charge in [-0.15, -0.1) is 0 Å². The molecular formula is C19H23ClN2O3. The molecule has 25 heavy (non-hydrogen) atoms. The molecule has 5 nitrogen and oxygen atoms in total. The third kappa shape index (κ3) is 3.35. The molecule has 3 rings (SSSR count). The Hall–Kier alpha value is -1.74. The van der Waals surface area contributed by atoms with E-state index in [4.69, 9.17) is 16.4 Å². The van der Waals surface area contributed by atoms with Crippen LogP contribution < -0.4 is 5.48 Å². The highest BCUT2D eigenvalue weighted by molar-refractivity contribution is 6.30. The molecule has 1 amide bonds. The highest BCUT2D eigenvalue weighted by Gasteiger charge is 2.57. The molecule has 2 fully saturated rings. The smallest absolute Gasteiger partial charge is 0.409 e. The highest BCUT2D eigenvalue weighted by Crippen LogP contribution is 2.43. The van der Waals surface area contributed by atoms with Crippen molar-refractivity contribution in [2.45, 2.75) is 44.9 Å². The van der Waals surface area contributed by atoms with E-state index in [-0.39, 0.29) is 11.8 Å². The Morgan fingerprint density at radius 2 is 2.40 bits per heavy atom. The van der Waals surface area contributed by atoms with Gasteiger partial charge in [0.2, 0.25) is 0 Å². The van der Waals surface area contributed by atoms with Crippen molar-refractivity contribution < 1.29 is 14.7 Å². The summed E-state index contributed by atoms with van der Waals surface area (Å²) >= 11 is 6.05. The van der Waals surface area contributed by atoms with Crippen molar-refractivity contribution in [2.75, 3.05) is 6.54 Å². The first kappa shape index (κ1) is 18.1. The second-order valence-electron chi connectivity index (χ2n) is 6.80. The van der Waals surface area contributed by atoms with Crippen LogP contribution in [0.3, 0.4) is 0 Å². The van der Waals surface area contributed by atoms with Crippen LogP contribution in [0.1, 0.15) is 38.7 Å². The van der Waals surface area contributed by atoms with Crippen molar-refractivity contribution in [3.63, 3.8) is 0 Å². The number of hydrogen-bond donors (Lipinski definition) is 2. The molecule has 0 aromatic heterocycles. The molecule has 2 saturated heterocycles. The quantitative estimate of drug-likeness (QED) is 0.804. The van der Waals surface area contributed by atoms with Gasteiger partial charge in [-0.25, -0.2) is 4.79 Å². The van der Waals surface area contributed by atoms with E-state index in [1.54, 1.807) is 0 Å². The molecule has 6 heteroatoms. The summed E-state index contributed by atoms with van der Waals surface area (Å²) in [6.07, 6.45) is 1.32. The molecule has 134 valence electrons. The summed E-state index contributed by atoms with van der Waals surface area (Å²) in [5.74, 6) is 6.85. The molecule has 1 aromatic rings. The normalized spacial score (nSPS) is 29.0. The van der Waals surface area contributed by atoms with Crippen molar-refractivity contribution in [3.8, 4) is 11.8 Å². The lowest BCUT2D eigenvalue weighted by Crippen LogP contribution is -2.49. The first-order valence-corrected chi connectivity index (χ1v) is 9.07. The third-order valence-corrected chi connectivity index (χ3v) is 5.48. The average Bonchev–Trinajstić information content (AvgIpc) is 3.14. The number of rotatable bonds is 3. The predicted octanol–water partition coefficient (Wildman–Crippen LogP) is 3.73. The zero-order valence-corrected chi connectivity index (χ0v) is 15.2. The van der Waals surface area contributed by atoms with Crippen LogP contribution in [0.4, 0.5) is 4.79 Å². The lowest BCUT2D eigenvalue weighted by Gasteiger charge is -2.33. The van der Waals surface area contributed by atoms with Gasteiger partial charge in [0.05, 0.1) is 0 Å². The van der Waals surface area contributed by atoms with Crippen LogP contribution in [0, 0.1) is 23.7 Å². The van der Waals surface area contributed by atoms with Crippen molar-refractivity contribution in [1.29, 1.82) is 0 Å². The third-order valence-electron chi connectivity index (χ3n) is 5.25. The van der Waals surface area contributed by atoms with E-state index in [0.29, 0.717) is 11.6 Å². The number of hydrogen-bond acceptors (Lipinski definition) is 3. The molecule has 1 aromatic carbocycles. The fraction of sp³-hybridized carbons (Fsp3) is 0.526. The molecule has 4 unspecified atom stereocenters. The predicted molar refractivity (Wildman–Crippen MR) is 96.0 cm³/mol. The van der Waals surface area contributed by atoms with E-state index >= 15 is 0 Å². The Balaban J connectivity index is 1.95. The first-order valence-electron chi connectivity index (χ1n) is 8.69. The number of nitrogens with one attached hydrogen (secondary N) is 1. The number of halogens is 1. The summed E-state index contributed by atoms with van der Waals surface area (Å²) in [5.41, 5.74) is 3.39. The van der Waals surface area contributed by atoms with Gasteiger partial charge in [-0.3, -0.25) is 9.74 Å². The molecule has 2 aliphatic heterocycles. The Kier molecular flexibility index (Phi) is 5.24. The average molecular weight is 363 g/mol. The summed E-state index contributed by atoms with van der Waals surface area (Å²) in [7, 11) is 0. The van der Waals surface area contributed by atoms with E-state index < -0.39 is 17.9 Å². The molecule has 2 N–H and O–H groups in total. The minimum Gasteiger partial charge on any atom is -0.465 e. The van der Waals surface area contributed by atoms with Crippen LogP contribution in [0.15, 0.2) is 24.3 Å². The summed E-state index contributed by atoms with van der Waals surface area (Å²) in [4.78, 5) is 18.5. The highest BCUT2D eigenvalue weighted by atomic mass is 35.5. The van der Waals surface area contributed by atoms with Gasteiger partial charge < -0.3 is 5.11 Å². The minimum atomic E-state index is -0.948. The zero-order chi connectivity index (χ0) is 18.0.